The van der Waals surface area contributed by atoms with Gasteiger partial charge in [0.2, 0.25) is 0 Å². The summed E-state index contributed by atoms with van der Waals surface area (Å²) >= 11 is 5.22. The Morgan fingerprint density at radius 2 is 1.80 bits per heavy atom. The fourth-order valence-corrected chi connectivity index (χ4v) is 2.70. The molecule has 0 aliphatic carbocycles. The van der Waals surface area contributed by atoms with Crippen molar-refractivity contribution >= 4 is 29.2 Å². The molecule has 25 heavy (non-hydrogen) atoms. The van der Waals surface area contributed by atoms with Gasteiger partial charge >= 0.3 is 0 Å². The summed E-state index contributed by atoms with van der Waals surface area (Å²) in [7, 11) is 0. The van der Waals surface area contributed by atoms with Crippen LogP contribution in [0.1, 0.15) is 11.1 Å². The van der Waals surface area contributed by atoms with Crippen molar-refractivity contribution in [3.63, 3.8) is 0 Å². The van der Waals surface area contributed by atoms with Crippen LogP contribution < -0.4 is 15.6 Å². The summed E-state index contributed by atoms with van der Waals surface area (Å²) in [6.07, 6.45) is 1.76. The molecule has 0 spiro atoms. The molecule has 5 nitrogen and oxygen atoms in total. The molecule has 1 fully saturated rings. The highest BCUT2D eigenvalue weighted by Gasteiger charge is 2.10. The molecule has 0 saturated carbocycles. The van der Waals surface area contributed by atoms with Gasteiger partial charge in [-0.3, -0.25) is 5.43 Å². The molecule has 2 aromatic rings. The molecule has 2 aromatic carbocycles. The van der Waals surface area contributed by atoms with Crippen LogP contribution >= 0.6 is 12.2 Å². The van der Waals surface area contributed by atoms with Crippen LogP contribution in [0.3, 0.4) is 0 Å². The number of hydrogen-bond donors (Lipinski definition) is 2. The number of benzene rings is 2. The van der Waals surface area contributed by atoms with Gasteiger partial charge in [0.05, 0.1) is 19.4 Å². The number of ether oxygens (including phenoxy) is 1. The van der Waals surface area contributed by atoms with Crippen molar-refractivity contribution in [1.82, 2.24) is 10.7 Å². The molecule has 1 aliphatic rings. The van der Waals surface area contributed by atoms with Gasteiger partial charge < -0.3 is 15.0 Å². The minimum Gasteiger partial charge on any atom is -0.378 e. The summed E-state index contributed by atoms with van der Waals surface area (Å²) in [5, 5.41) is 7.81. The fourth-order valence-electron chi connectivity index (χ4n) is 2.58. The molecule has 130 valence electrons. The zero-order valence-corrected chi connectivity index (χ0v) is 14.8. The predicted octanol–water partition coefficient (Wildman–Crippen LogP) is 2.52. The van der Waals surface area contributed by atoms with Crippen LogP contribution in [0.2, 0.25) is 0 Å². The van der Waals surface area contributed by atoms with Crippen molar-refractivity contribution in [2.45, 2.75) is 6.54 Å². The predicted molar refractivity (Wildman–Crippen MR) is 106 cm³/mol. The number of anilines is 1. The van der Waals surface area contributed by atoms with Crippen LogP contribution in [0.15, 0.2) is 59.7 Å². The van der Waals surface area contributed by atoms with Crippen molar-refractivity contribution in [3.8, 4) is 0 Å². The van der Waals surface area contributed by atoms with Crippen molar-refractivity contribution in [2.24, 2.45) is 5.10 Å². The molecule has 0 aromatic heterocycles. The molecule has 1 aliphatic heterocycles. The molecular weight excluding hydrogens is 332 g/mol. The standard InChI is InChI=1S/C19H22N4OS/c25-19(20-14-16-4-2-1-3-5-16)22-21-15-17-6-8-18(9-7-17)23-10-12-24-13-11-23/h1-9,15H,10-14H2,(H2,20,22,25)/b21-15+. The Balaban J connectivity index is 1.44. The smallest absolute Gasteiger partial charge is 0.187 e. The van der Waals surface area contributed by atoms with Gasteiger partial charge in [-0.2, -0.15) is 5.10 Å². The van der Waals surface area contributed by atoms with E-state index < -0.39 is 0 Å². The van der Waals surface area contributed by atoms with Crippen molar-refractivity contribution in [1.29, 1.82) is 0 Å². The molecule has 0 unspecified atom stereocenters. The molecule has 0 amide bonds. The summed E-state index contributed by atoms with van der Waals surface area (Å²) in [5.41, 5.74) is 6.26. The van der Waals surface area contributed by atoms with Gasteiger partial charge in [0.25, 0.3) is 0 Å². The van der Waals surface area contributed by atoms with Gasteiger partial charge in [0, 0.05) is 25.3 Å². The Bertz CT molecular complexity index is 697. The Morgan fingerprint density at radius 3 is 2.52 bits per heavy atom. The maximum absolute atomic E-state index is 5.38. The number of nitrogens with zero attached hydrogens (tertiary/aromatic N) is 2. The Labute approximate surface area is 153 Å². The number of hydrogen-bond acceptors (Lipinski definition) is 4. The lowest BCUT2D eigenvalue weighted by molar-refractivity contribution is 0.122. The quantitative estimate of drug-likeness (QED) is 0.491. The molecular formula is C19H22N4OS. The van der Waals surface area contributed by atoms with E-state index in [1.807, 2.05) is 18.2 Å². The van der Waals surface area contributed by atoms with E-state index in [0.29, 0.717) is 11.7 Å². The normalized spacial score (nSPS) is 14.5. The van der Waals surface area contributed by atoms with E-state index in [0.717, 1.165) is 31.9 Å². The first kappa shape index (κ1) is 17.4. The first-order chi connectivity index (χ1) is 12.3. The minimum absolute atomic E-state index is 0.505. The third-order valence-electron chi connectivity index (χ3n) is 3.94. The number of rotatable bonds is 5. The lowest BCUT2D eigenvalue weighted by atomic mass is 10.2. The first-order valence-corrected chi connectivity index (χ1v) is 8.76. The van der Waals surface area contributed by atoms with E-state index in [-0.39, 0.29) is 0 Å². The fraction of sp³-hybridized carbons (Fsp3) is 0.263. The highest BCUT2D eigenvalue weighted by molar-refractivity contribution is 7.80. The van der Waals surface area contributed by atoms with Gasteiger partial charge in [0.15, 0.2) is 5.11 Å². The summed E-state index contributed by atoms with van der Waals surface area (Å²) in [4.78, 5) is 2.32. The zero-order valence-electron chi connectivity index (χ0n) is 14.0. The lowest BCUT2D eigenvalue weighted by Gasteiger charge is -2.28. The Kier molecular flexibility index (Phi) is 6.36. The van der Waals surface area contributed by atoms with E-state index >= 15 is 0 Å². The minimum atomic E-state index is 0.505. The van der Waals surface area contributed by atoms with Crippen molar-refractivity contribution in [2.75, 3.05) is 31.2 Å². The molecule has 0 radical (unpaired) electrons. The molecule has 1 saturated heterocycles. The van der Waals surface area contributed by atoms with Gasteiger partial charge in [-0.05, 0) is 35.5 Å². The third kappa shape index (κ3) is 5.55. The summed E-state index contributed by atoms with van der Waals surface area (Å²) in [5.74, 6) is 0. The van der Waals surface area contributed by atoms with Gasteiger partial charge in [-0.1, -0.05) is 42.5 Å². The van der Waals surface area contributed by atoms with E-state index in [4.69, 9.17) is 17.0 Å². The highest BCUT2D eigenvalue weighted by Crippen LogP contribution is 2.15. The average Bonchev–Trinajstić information content (AvgIpc) is 2.68. The summed E-state index contributed by atoms with van der Waals surface area (Å²) in [6, 6.07) is 18.4. The maximum atomic E-state index is 5.38. The second kappa shape index (κ2) is 9.15. The highest BCUT2D eigenvalue weighted by atomic mass is 32.1. The first-order valence-electron chi connectivity index (χ1n) is 8.35. The van der Waals surface area contributed by atoms with Crippen molar-refractivity contribution < 1.29 is 4.74 Å². The number of nitrogens with one attached hydrogen (secondary N) is 2. The van der Waals surface area contributed by atoms with E-state index in [9.17, 15) is 0 Å². The third-order valence-corrected chi connectivity index (χ3v) is 4.18. The van der Waals surface area contributed by atoms with Crippen LogP contribution in [0.25, 0.3) is 0 Å². The average molecular weight is 354 g/mol. The van der Waals surface area contributed by atoms with Crippen LogP contribution in [0.5, 0.6) is 0 Å². The number of morpholine rings is 1. The Morgan fingerprint density at radius 1 is 1.08 bits per heavy atom. The van der Waals surface area contributed by atoms with E-state index in [2.05, 4.69) is 57.1 Å². The van der Waals surface area contributed by atoms with Crippen LogP contribution in [0, 0.1) is 0 Å². The van der Waals surface area contributed by atoms with Gasteiger partial charge in [0.1, 0.15) is 0 Å². The second-order valence-electron chi connectivity index (χ2n) is 5.73. The van der Waals surface area contributed by atoms with Crippen LogP contribution in [-0.2, 0) is 11.3 Å². The Hall–Kier alpha value is -2.44. The van der Waals surface area contributed by atoms with Crippen LogP contribution in [0.4, 0.5) is 5.69 Å². The molecule has 0 atom stereocenters. The van der Waals surface area contributed by atoms with Gasteiger partial charge in [-0.25, -0.2) is 0 Å². The summed E-state index contributed by atoms with van der Waals surface area (Å²) < 4.78 is 5.38. The lowest BCUT2D eigenvalue weighted by Crippen LogP contribution is -2.36. The molecule has 1 heterocycles. The number of hydrazone groups is 1. The topological polar surface area (TPSA) is 48.9 Å². The van der Waals surface area contributed by atoms with Crippen LogP contribution in [-0.4, -0.2) is 37.6 Å². The molecule has 3 rings (SSSR count). The van der Waals surface area contributed by atoms with E-state index in [1.165, 1.54) is 11.3 Å². The van der Waals surface area contributed by atoms with Gasteiger partial charge in [-0.15, -0.1) is 0 Å². The number of thiocarbonyl (C=S) groups is 1. The second-order valence-corrected chi connectivity index (χ2v) is 6.14. The SMILES string of the molecule is S=C(NCc1ccccc1)N/N=C/c1ccc(N2CCOCC2)cc1. The maximum Gasteiger partial charge on any atom is 0.187 e. The largest absolute Gasteiger partial charge is 0.378 e. The molecule has 0 bridgehead atoms. The van der Waals surface area contributed by atoms with Crippen molar-refractivity contribution in [3.05, 3.63) is 65.7 Å². The summed E-state index contributed by atoms with van der Waals surface area (Å²) in [6.45, 7) is 4.14. The molecule has 2 N–H and O–H groups in total. The monoisotopic (exact) mass is 354 g/mol. The van der Waals surface area contributed by atoms with E-state index in [1.54, 1.807) is 6.21 Å². The zero-order chi connectivity index (χ0) is 17.3. The molecule has 6 heteroatoms.